The monoisotopic (exact) mass is 420 g/mol. The third-order valence-electron chi connectivity index (χ3n) is 5.08. The summed E-state index contributed by atoms with van der Waals surface area (Å²) >= 11 is 0. The van der Waals surface area contributed by atoms with Gasteiger partial charge in [-0.15, -0.1) is 0 Å². The number of carbonyl (C=O) groups is 1. The van der Waals surface area contributed by atoms with Crippen LogP contribution in [0, 0.1) is 20.4 Å². The number of carbonyl (C=O) groups excluding carboxylic acids is 1. The quantitative estimate of drug-likeness (QED) is 0.514. The van der Waals surface area contributed by atoms with E-state index in [2.05, 4.69) is 17.1 Å². The molecule has 0 spiro atoms. The maximum atomic E-state index is 12.7. The van der Waals surface area contributed by atoms with Gasteiger partial charge in [0.25, 0.3) is 5.91 Å². The Labute approximate surface area is 172 Å². The van der Waals surface area contributed by atoms with Gasteiger partial charge < -0.3 is 5.32 Å². The van der Waals surface area contributed by atoms with Crippen molar-refractivity contribution in [3.8, 4) is 0 Å². The fraction of sp³-hybridized carbons (Fsp3) is 0.579. The Hall–Kier alpha value is -0.286. The van der Waals surface area contributed by atoms with Crippen LogP contribution in [0.3, 0.4) is 0 Å². The molecule has 2 rings (SSSR count). The normalized spacial score (nSPS) is 16.4. The molecule has 0 saturated carbocycles. The first-order valence-corrected chi connectivity index (χ1v) is 11.2. The minimum atomic E-state index is -1.11. The largest absolute Gasteiger partial charge is 0.323 e. The second-order valence-electron chi connectivity index (χ2n) is 6.79. The van der Waals surface area contributed by atoms with E-state index >= 15 is 0 Å². The van der Waals surface area contributed by atoms with Crippen LogP contribution < -0.4 is 5.32 Å². The molecule has 5 heteroatoms. The molecule has 0 bridgehead atoms. The topological polar surface area (TPSA) is 33.5 Å². The van der Waals surface area contributed by atoms with Gasteiger partial charge in [0.1, 0.15) is 6.16 Å². The summed E-state index contributed by atoms with van der Waals surface area (Å²) in [6.07, 6.45) is 9.75. The van der Waals surface area contributed by atoms with Crippen LogP contribution >= 0.6 is 7.26 Å². The molecule has 0 aromatic heterocycles. The van der Waals surface area contributed by atoms with Gasteiger partial charge in [0.2, 0.25) is 0 Å². The summed E-state index contributed by atoms with van der Waals surface area (Å²) < 4.78 is 0. The molecular formula is C19H28N2OPY+. The van der Waals surface area contributed by atoms with Gasteiger partial charge in [-0.1, -0.05) is 12.1 Å². The molecule has 1 aliphatic rings. The van der Waals surface area contributed by atoms with Gasteiger partial charge in [-0.05, 0) is 57.6 Å². The van der Waals surface area contributed by atoms with E-state index in [1.165, 1.54) is 44.2 Å². The van der Waals surface area contributed by atoms with Crippen molar-refractivity contribution in [3.63, 3.8) is 0 Å². The van der Waals surface area contributed by atoms with Gasteiger partial charge in [-0.2, -0.15) is 0 Å². The first-order valence-electron chi connectivity index (χ1n) is 8.63. The number of nitrogens with one attached hydrogen (secondary N) is 1. The van der Waals surface area contributed by atoms with E-state index < -0.39 is 7.26 Å². The number of hydrogen-bond acceptors (Lipinski definition) is 1. The average Bonchev–Trinajstić information content (AvgIpc) is 2.76. The standard InChI is InChI=1S/C19H27N2OP.Y/c1-5-23(10-8-6-7-9-11-23)14-18(22)21-19-15(2)12-17(20-4)13-16(19)3;/h12-13H,5-11,14H2,1-3H3;/p+1. The molecule has 1 N–H and O–H groups in total. The van der Waals surface area contributed by atoms with Crippen molar-refractivity contribution >= 4 is 24.5 Å². The van der Waals surface area contributed by atoms with Crippen LogP contribution in [0.4, 0.5) is 11.4 Å². The number of amides is 1. The Morgan fingerprint density at radius 1 is 1.17 bits per heavy atom. The molecule has 1 aliphatic heterocycles. The summed E-state index contributed by atoms with van der Waals surface area (Å²) in [6.45, 7) is 13.3. The molecule has 127 valence electrons. The van der Waals surface area contributed by atoms with Crippen molar-refractivity contribution in [2.24, 2.45) is 0 Å². The van der Waals surface area contributed by atoms with Crippen LogP contribution in [0.15, 0.2) is 12.1 Å². The van der Waals surface area contributed by atoms with Gasteiger partial charge in [-0.25, -0.2) is 4.85 Å². The SMILES string of the molecule is [C-]#[N+]c1cc(C)c(NC(=O)C[P+]2(CC)CCCCCC2)c(C)c1.[Y]. The maximum absolute atomic E-state index is 12.7. The van der Waals surface area contributed by atoms with Crippen molar-refractivity contribution in [1.29, 1.82) is 0 Å². The Kier molecular flexibility index (Phi) is 9.07. The predicted octanol–water partition coefficient (Wildman–Crippen LogP) is 5.40. The van der Waals surface area contributed by atoms with E-state index in [4.69, 9.17) is 6.57 Å². The number of hydrogen-bond donors (Lipinski definition) is 1. The molecule has 1 amide bonds. The first kappa shape index (κ1) is 21.8. The number of benzene rings is 1. The number of nitrogens with zero attached hydrogens (tertiary/aromatic N) is 1. The van der Waals surface area contributed by atoms with E-state index in [9.17, 15) is 4.79 Å². The molecule has 3 nitrogen and oxygen atoms in total. The Morgan fingerprint density at radius 2 is 1.71 bits per heavy atom. The second-order valence-corrected chi connectivity index (χ2v) is 11.3. The molecule has 1 heterocycles. The Balaban J connectivity index is 0.00000288. The van der Waals surface area contributed by atoms with E-state index in [1.54, 1.807) is 0 Å². The fourth-order valence-electron chi connectivity index (χ4n) is 3.63. The third-order valence-corrected chi connectivity index (χ3v) is 9.91. The molecular weight excluding hydrogens is 392 g/mol. The smallest absolute Gasteiger partial charge is 0.261 e. The fourth-order valence-corrected chi connectivity index (χ4v) is 7.50. The second kappa shape index (κ2) is 10.0. The van der Waals surface area contributed by atoms with E-state index in [1.807, 2.05) is 26.0 Å². The average molecular weight is 420 g/mol. The summed E-state index contributed by atoms with van der Waals surface area (Å²) in [7, 11) is -1.11. The van der Waals surface area contributed by atoms with Crippen molar-refractivity contribution < 1.29 is 37.5 Å². The summed E-state index contributed by atoms with van der Waals surface area (Å²) in [4.78, 5) is 16.2. The molecule has 0 aliphatic carbocycles. The maximum Gasteiger partial charge on any atom is 0.261 e. The van der Waals surface area contributed by atoms with E-state index in [0.29, 0.717) is 5.69 Å². The first-order chi connectivity index (χ1) is 11.0. The van der Waals surface area contributed by atoms with Gasteiger partial charge in [-0.3, -0.25) is 4.79 Å². The molecule has 1 radical (unpaired) electrons. The van der Waals surface area contributed by atoms with Crippen molar-refractivity contribution in [3.05, 3.63) is 34.7 Å². The van der Waals surface area contributed by atoms with Crippen LogP contribution in [0.25, 0.3) is 4.85 Å². The zero-order valence-electron chi connectivity index (χ0n) is 15.2. The summed E-state index contributed by atoms with van der Waals surface area (Å²) in [5.41, 5.74) is 3.49. The van der Waals surface area contributed by atoms with Crippen LogP contribution in [0.2, 0.25) is 0 Å². The van der Waals surface area contributed by atoms with Crippen molar-refractivity contribution in [1.82, 2.24) is 0 Å². The van der Waals surface area contributed by atoms with Gasteiger partial charge in [0.15, 0.2) is 5.69 Å². The molecule has 1 aromatic rings. The van der Waals surface area contributed by atoms with Crippen LogP contribution in [-0.2, 0) is 37.5 Å². The summed E-state index contributed by atoms with van der Waals surface area (Å²) in [5.74, 6) is 0.170. The molecule has 1 fully saturated rings. The number of aryl methyl sites for hydroxylation is 2. The molecule has 0 atom stereocenters. The predicted molar refractivity (Wildman–Crippen MR) is 101 cm³/mol. The minimum absolute atomic E-state index is 0. The molecule has 1 aromatic carbocycles. The van der Waals surface area contributed by atoms with Crippen molar-refractivity contribution in [2.75, 3.05) is 30.0 Å². The zero-order chi connectivity index (χ0) is 16.9. The number of rotatable bonds is 4. The van der Waals surface area contributed by atoms with Crippen molar-refractivity contribution in [2.45, 2.75) is 46.5 Å². The van der Waals surface area contributed by atoms with Crippen LogP contribution in [0.1, 0.15) is 43.7 Å². The van der Waals surface area contributed by atoms with E-state index in [-0.39, 0.29) is 38.6 Å². The molecule has 0 unspecified atom stereocenters. The van der Waals surface area contributed by atoms with E-state index in [0.717, 1.165) is 23.0 Å². The molecule has 1 saturated heterocycles. The van der Waals surface area contributed by atoms with Gasteiger partial charge in [0.05, 0.1) is 25.1 Å². The van der Waals surface area contributed by atoms with Gasteiger partial charge >= 0.3 is 0 Å². The van der Waals surface area contributed by atoms with Crippen LogP contribution in [0.5, 0.6) is 0 Å². The minimum Gasteiger partial charge on any atom is -0.323 e. The summed E-state index contributed by atoms with van der Waals surface area (Å²) in [6, 6.07) is 3.71. The number of anilines is 1. The van der Waals surface area contributed by atoms with Gasteiger partial charge in [0, 0.05) is 45.7 Å². The Morgan fingerprint density at radius 3 is 2.17 bits per heavy atom. The van der Waals surface area contributed by atoms with Crippen LogP contribution in [-0.4, -0.2) is 30.6 Å². The summed E-state index contributed by atoms with van der Waals surface area (Å²) in [5, 5.41) is 3.14. The third kappa shape index (κ3) is 5.62. The molecule has 24 heavy (non-hydrogen) atoms. The Bertz CT molecular complexity index is 593. The zero-order valence-corrected chi connectivity index (χ0v) is 18.9.